The fraction of sp³-hybridized carbons (Fsp3) is 0.375. The number of anilines is 3. The molecule has 0 unspecified atom stereocenters. The Labute approximate surface area is 139 Å². The first-order chi connectivity index (χ1) is 11.0. The van der Waals surface area contributed by atoms with Crippen molar-refractivity contribution in [3.05, 3.63) is 40.3 Å². The van der Waals surface area contributed by atoms with E-state index < -0.39 is 0 Å². The lowest BCUT2D eigenvalue weighted by Crippen LogP contribution is -2.27. The van der Waals surface area contributed by atoms with Gasteiger partial charge in [-0.25, -0.2) is 9.37 Å². The highest BCUT2D eigenvalue weighted by atomic mass is 35.5. The number of aromatic nitrogens is 2. The average molecular weight is 336 g/mol. The second-order valence-electron chi connectivity index (χ2n) is 5.76. The molecule has 1 aromatic heterocycles. The number of nitrogens with two attached hydrogens (primary N) is 1. The van der Waals surface area contributed by atoms with Crippen LogP contribution in [0.25, 0.3) is 0 Å². The van der Waals surface area contributed by atoms with Gasteiger partial charge in [0.2, 0.25) is 5.95 Å². The van der Waals surface area contributed by atoms with Crippen molar-refractivity contribution in [2.45, 2.75) is 25.7 Å². The number of piperidine rings is 1. The van der Waals surface area contributed by atoms with Gasteiger partial charge in [-0.3, -0.25) is 0 Å². The van der Waals surface area contributed by atoms with E-state index in [0.717, 1.165) is 37.1 Å². The molecule has 0 spiro atoms. The predicted octanol–water partition coefficient (Wildman–Crippen LogP) is 3.37. The topological polar surface area (TPSA) is 75.9 Å². The fourth-order valence-corrected chi connectivity index (χ4v) is 3.02. The van der Waals surface area contributed by atoms with E-state index in [9.17, 15) is 4.39 Å². The van der Waals surface area contributed by atoms with Gasteiger partial charge in [0.25, 0.3) is 0 Å². The Morgan fingerprint density at radius 3 is 2.78 bits per heavy atom. The Morgan fingerprint density at radius 1 is 1.35 bits per heavy atom. The summed E-state index contributed by atoms with van der Waals surface area (Å²) in [7, 11) is 0. The van der Waals surface area contributed by atoms with Crippen LogP contribution in [0.3, 0.4) is 0 Å². The molecule has 4 N–H and O–H groups in total. The molecule has 1 saturated heterocycles. The highest BCUT2D eigenvalue weighted by Crippen LogP contribution is 2.32. The number of nitrogens with one attached hydrogen (secondary N) is 2. The van der Waals surface area contributed by atoms with Gasteiger partial charge in [0.05, 0.1) is 11.9 Å². The zero-order chi connectivity index (χ0) is 16.4. The van der Waals surface area contributed by atoms with Gasteiger partial charge in [0.1, 0.15) is 16.7 Å². The van der Waals surface area contributed by atoms with Gasteiger partial charge >= 0.3 is 0 Å². The van der Waals surface area contributed by atoms with Crippen molar-refractivity contribution in [1.82, 2.24) is 15.3 Å². The standard InChI is InChI=1S/C16H19ClFN5/c1-9-6-14(22-16-21-8-12(17)15(19)23-16)13(18)7-11(9)10-2-4-20-5-3-10/h6-8,10,20H,2-5H2,1H3,(H3,19,21,22,23). The number of hydrogen-bond donors (Lipinski definition) is 3. The summed E-state index contributed by atoms with van der Waals surface area (Å²) in [6, 6.07) is 3.41. The summed E-state index contributed by atoms with van der Waals surface area (Å²) in [5.74, 6) is 0.468. The van der Waals surface area contributed by atoms with E-state index in [-0.39, 0.29) is 22.6 Å². The summed E-state index contributed by atoms with van der Waals surface area (Å²) >= 11 is 5.79. The molecular formula is C16H19ClFN5. The molecule has 23 heavy (non-hydrogen) atoms. The third kappa shape index (κ3) is 3.54. The van der Waals surface area contributed by atoms with Crippen LogP contribution in [0.15, 0.2) is 18.3 Å². The van der Waals surface area contributed by atoms with E-state index in [1.807, 2.05) is 6.92 Å². The largest absolute Gasteiger partial charge is 0.382 e. The molecular weight excluding hydrogens is 317 g/mol. The van der Waals surface area contributed by atoms with Crippen LogP contribution in [0.4, 0.5) is 21.8 Å². The maximum Gasteiger partial charge on any atom is 0.229 e. The third-order valence-electron chi connectivity index (χ3n) is 4.15. The monoisotopic (exact) mass is 335 g/mol. The molecule has 7 heteroatoms. The minimum Gasteiger partial charge on any atom is -0.382 e. The van der Waals surface area contributed by atoms with Crippen LogP contribution in [0.1, 0.15) is 29.9 Å². The molecule has 3 rings (SSSR count). The van der Waals surface area contributed by atoms with Crippen LogP contribution >= 0.6 is 11.6 Å². The Morgan fingerprint density at radius 2 is 2.09 bits per heavy atom. The van der Waals surface area contributed by atoms with Gasteiger partial charge in [-0.2, -0.15) is 4.98 Å². The molecule has 1 aliphatic heterocycles. The van der Waals surface area contributed by atoms with Crippen LogP contribution in [-0.2, 0) is 0 Å². The summed E-state index contributed by atoms with van der Waals surface area (Å²) < 4.78 is 14.5. The zero-order valence-electron chi connectivity index (χ0n) is 12.9. The smallest absolute Gasteiger partial charge is 0.229 e. The first-order valence-electron chi connectivity index (χ1n) is 7.60. The second kappa shape index (κ2) is 6.68. The van der Waals surface area contributed by atoms with Crippen LogP contribution < -0.4 is 16.4 Å². The van der Waals surface area contributed by atoms with Crippen LogP contribution in [-0.4, -0.2) is 23.1 Å². The molecule has 0 radical (unpaired) electrons. The minimum atomic E-state index is -0.318. The lowest BCUT2D eigenvalue weighted by molar-refractivity contribution is 0.457. The van der Waals surface area contributed by atoms with Crippen molar-refractivity contribution < 1.29 is 4.39 Å². The summed E-state index contributed by atoms with van der Waals surface area (Å²) in [6.07, 6.45) is 3.45. The van der Waals surface area contributed by atoms with Gasteiger partial charge in [-0.15, -0.1) is 0 Å². The Bertz CT molecular complexity index is 716. The predicted molar refractivity (Wildman–Crippen MR) is 90.7 cm³/mol. The highest BCUT2D eigenvalue weighted by molar-refractivity contribution is 6.32. The van der Waals surface area contributed by atoms with Gasteiger partial charge in [-0.05, 0) is 62.0 Å². The van der Waals surface area contributed by atoms with Crippen LogP contribution in [0, 0.1) is 12.7 Å². The van der Waals surface area contributed by atoms with Gasteiger partial charge in [0.15, 0.2) is 0 Å². The zero-order valence-corrected chi connectivity index (χ0v) is 13.6. The Kier molecular flexibility index (Phi) is 4.63. The SMILES string of the molecule is Cc1cc(Nc2ncc(Cl)c(N)n2)c(F)cc1C1CCNCC1. The molecule has 1 aromatic carbocycles. The quantitative estimate of drug-likeness (QED) is 0.801. The molecule has 0 aliphatic carbocycles. The normalized spacial score (nSPS) is 15.6. The average Bonchev–Trinajstić information content (AvgIpc) is 2.55. The number of rotatable bonds is 3. The van der Waals surface area contributed by atoms with Crippen molar-refractivity contribution in [3.8, 4) is 0 Å². The first-order valence-corrected chi connectivity index (χ1v) is 7.98. The second-order valence-corrected chi connectivity index (χ2v) is 6.17. The van der Waals surface area contributed by atoms with Crippen molar-refractivity contribution in [2.24, 2.45) is 0 Å². The Balaban J connectivity index is 1.85. The highest BCUT2D eigenvalue weighted by Gasteiger charge is 2.19. The van der Waals surface area contributed by atoms with E-state index in [1.54, 1.807) is 12.1 Å². The maximum atomic E-state index is 14.5. The van der Waals surface area contributed by atoms with Crippen LogP contribution in [0.5, 0.6) is 0 Å². The van der Waals surface area contributed by atoms with E-state index in [1.165, 1.54) is 6.20 Å². The van der Waals surface area contributed by atoms with Crippen molar-refractivity contribution in [2.75, 3.05) is 24.1 Å². The van der Waals surface area contributed by atoms with Crippen molar-refractivity contribution >= 4 is 29.1 Å². The summed E-state index contributed by atoms with van der Waals surface area (Å²) in [4.78, 5) is 8.01. The molecule has 1 fully saturated rings. The molecule has 0 amide bonds. The number of aryl methyl sites for hydroxylation is 1. The lowest BCUT2D eigenvalue weighted by atomic mass is 9.87. The number of benzene rings is 1. The molecule has 5 nitrogen and oxygen atoms in total. The number of halogens is 2. The Hall–Kier alpha value is -1.92. The molecule has 0 saturated carbocycles. The van der Waals surface area contributed by atoms with E-state index in [2.05, 4.69) is 20.6 Å². The van der Waals surface area contributed by atoms with E-state index >= 15 is 0 Å². The summed E-state index contributed by atoms with van der Waals surface area (Å²) in [5.41, 5.74) is 8.11. The van der Waals surface area contributed by atoms with Crippen molar-refractivity contribution in [3.63, 3.8) is 0 Å². The number of hydrogen-bond acceptors (Lipinski definition) is 5. The fourth-order valence-electron chi connectivity index (χ4n) is 2.93. The van der Waals surface area contributed by atoms with E-state index in [4.69, 9.17) is 17.3 Å². The maximum absolute atomic E-state index is 14.5. The minimum absolute atomic E-state index is 0.160. The molecule has 122 valence electrons. The first kappa shape index (κ1) is 16.0. The molecule has 1 aliphatic rings. The van der Waals surface area contributed by atoms with E-state index in [0.29, 0.717) is 11.6 Å². The van der Waals surface area contributed by atoms with Gasteiger partial charge < -0.3 is 16.4 Å². The molecule has 2 heterocycles. The summed E-state index contributed by atoms with van der Waals surface area (Å²) in [6.45, 7) is 3.95. The molecule has 0 atom stereocenters. The van der Waals surface area contributed by atoms with Crippen molar-refractivity contribution in [1.29, 1.82) is 0 Å². The molecule has 2 aromatic rings. The lowest BCUT2D eigenvalue weighted by Gasteiger charge is -2.25. The third-order valence-corrected chi connectivity index (χ3v) is 4.44. The van der Waals surface area contributed by atoms with Gasteiger partial charge in [-0.1, -0.05) is 11.6 Å². The van der Waals surface area contributed by atoms with Gasteiger partial charge in [0, 0.05) is 0 Å². The summed E-state index contributed by atoms with van der Waals surface area (Å²) in [5, 5.41) is 6.46. The number of nitrogens with zero attached hydrogens (tertiary/aromatic N) is 2. The van der Waals surface area contributed by atoms with Crippen LogP contribution in [0.2, 0.25) is 5.02 Å². The molecule has 0 bridgehead atoms. The number of nitrogen functional groups attached to an aromatic ring is 1.